The molecule has 1 aromatic rings. The topological polar surface area (TPSA) is 49.3 Å². The number of para-hydroxylation sites is 1. The smallest absolute Gasteiger partial charge is 0.337 e. The molecule has 1 aromatic carbocycles. The van der Waals surface area contributed by atoms with Crippen LogP contribution in [0, 0.1) is 18.2 Å². The van der Waals surface area contributed by atoms with E-state index in [9.17, 15) is 9.18 Å². The minimum absolute atomic E-state index is 0.00194. The van der Waals surface area contributed by atoms with Gasteiger partial charge in [0.25, 0.3) is 0 Å². The number of hydrogen-bond donors (Lipinski definition) is 2. The van der Waals surface area contributed by atoms with E-state index in [4.69, 9.17) is 11.5 Å². The summed E-state index contributed by atoms with van der Waals surface area (Å²) in [6.07, 6.45) is 6.31. The number of nitrogens with one attached hydrogen (secondary N) is 1. The van der Waals surface area contributed by atoms with E-state index in [-0.39, 0.29) is 17.3 Å². The van der Waals surface area contributed by atoms with Gasteiger partial charge in [0.1, 0.15) is 5.82 Å². The second kappa shape index (κ2) is 5.90. The van der Waals surface area contributed by atoms with Crippen LogP contribution >= 0.6 is 0 Å². The van der Waals surface area contributed by atoms with Crippen molar-refractivity contribution in [1.82, 2.24) is 0 Å². The Morgan fingerprint density at radius 3 is 2.88 bits per heavy atom. The van der Waals surface area contributed by atoms with Crippen molar-refractivity contribution >= 4 is 11.7 Å². The summed E-state index contributed by atoms with van der Waals surface area (Å²) in [6, 6.07) is 3.81. The molecule has 0 saturated carbocycles. The molecule has 0 amide bonds. The second-order valence-corrected chi connectivity index (χ2v) is 3.63. The highest BCUT2D eigenvalue weighted by Gasteiger charge is 2.16. The maximum absolute atomic E-state index is 13.6. The Bertz CT molecular complexity index is 451. The Morgan fingerprint density at radius 2 is 2.35 bits per heavy atom. The monoisotopic (exact) mass is 235 g/mol. The van der Waals surface area contributed by atoms with Crippen molar-refractivity contribution in [3.63, 3.8) is 0 Å². The molecule has 0 spiro atoms. The molecular formula is C13H14FNO2. The van der Waals surface area contributed by atoms with E-state index < -0.39 is 11.8 Å². The summed E-state index contributed by atoms with van der Waals surface area (Å²) in [7, 11) is 0. The van der Waals surface area contributed by atoms with Gasteiger partial charge in [-0.3, -0.25) is 0 Å². The van der Waals surface area contributed by atoms with Crippen LogP contribution in [0.4, 0.5) is 10.1 Å². The Kier molecular flexibility index (Phi) is 4.53. The van der Waals surface area contributed by atoms with E-state index in [2.05, 4.69) is 11.2 Å². The van der Waals surface area contributed by atoms with Crippen LogP contribution in [0.2, 0.25) is 0 Å². The quantitative estimate of drug-likeness (QED) is 0.771. The Morgan fingerprint density at radius 1 is 1.65 bits per heavy atom. The largest absolute Gasteiger partial charge is 0.478 e. The summed E-state index contributed by atoms with van der Waals surface area (Å²) in [6.45, 7) is 1.90. The summed E-state index contributed by atoms with van der Waals surface area (Å²) in [5.74, 6) is 0.727. The number of halogens is 1. The molecule has 0 heterocycles. The fourth-order valence-corrected chi connectivity index (χ4v) is 1.49. The van der Waals surface area contributed by atoms with E-state index in [1.165, 1.54) is 18.2 Å². The molecule has 1 atom stereocenters. The summed E-state index contributed by atoms with van der Waals surface area (Å²) in [5.41, 5.74) is -0.0810. The van der Waals surface area contributed by atoms with Crippen LogP contribution in [0.5, 0.6) is 0 Å². The predicted octanol–water partition coefficient (Wildman–Crippen LogP) is 2.74. The normalized spacial score (nSPS) is 11.6. The summed E-state index contributed by atoms with van der Waals surface area (Å²) >= 11 is 0. The molecular weight excluding hydrogens is 221 g/mol. The van der Waals surface area contributed by atoms with Gasteiger partial charge in [-0.1, -0.05) is 13.0 Å². The van der Waals surface area contributed by atoms with Gasteiger partial charge in [-0.05, 0) is 18.6 Å². The van der Waals surface area contributed by atoms with Crippen LogP contribution in [0.3, 0.4) is 0 Å². The summed E-state index contributed by atoms with van der Waals surface area (Å²) in [5, 5.41) is 11.8. The second-order valence-electron chi connectivity index (χ2n) is 3.63. The van der Waals surface area contributed by atoms with E-state index in [1.54, 1.807) is 0 Å². The zero-order valence-electron chi connectivity index (χ0n) is 9.53. The first-order valence-electron chi connectivity index (χ1n) is 5.32. The maximum atomic E-state index is 13.6. The summed E-state index contributed by atoms with van der Waals surface area (Å²) in [4.78, 5) is 11.0. The van der Waals surface area contributed by atoms with Crippen molar-refractivity contribution in [1.29, 1.82) is 0 Å². The molecule has 0 aromatic heterocycles. The molecule has 17 heavy (non-hydrogen) atoms. The lowest BCUT2D eigenvalue weighted by atomic mass is 10.1. The Labute approximate surface area is 99.7 Å². The lowest BCUT2D eigenvalue weighted by Gasteiger charge is -2.17. The molecule has 2 N–H and O–H groups in total. The number of anilines is 1. The molecule has 0 saturated heterocycles. The number of carboxylic acids is 1. The SMILES string of the molecule is C#CCC(CC)Nc1c(F)cccc1C(=O)O. The number of carboxylic acid groups (broad SMARTS) is 1. The molecule has 1 rings (SSSR count). The van der Waals surface area contributed by atoms with Gasteiger partial charge in [0, 0.05) is 12.5 Å². The van der Waals surface area contributed by atoms with Gasteiger partial charge in [-0.25, -0.2) is 9.18 Å². The predicted molar refractivity (Wildman–Crippen MR) is 64.5 cm³/mol. The van der Waals surface area contributed by atoms with Gasteiger partial charge < -0.3 is 10.4 Å². The fourth-order valence-electron chi connectivity index (χ4n) is 1.49. The van der Waals surface area contributed by atoms with E-state index in [0.717, 1.165) is 0 Å². The van der Waals surface area contributed by atoms with Gasteiger partial charge >= 0.3 is 5.97 Å². The first kappa shape index (κ1) is 13.0. The van der Waals surface area contributed by atoms with Crippen molar-refractivity contribution in [3.05, 3.63) is 29.6 Å². The number of aromatic carboxylic acids is 1. The standard InChI is InChI=1S/C13H14FNO2/c1-3-6-9(4-2)15-12-10(13(16)17)7-5-8-11(12)14/h1,5,7-9,15H,4,6H2,2H3,(H,16,17). The average molecular weight is 235 g/mol. The number of benzene rings is 1. The van der Waals surface area contributed by atoms with E-state index in [1.807, 2.05) is 6.92 Å². The Hall–Kier alpha value is -2.02. The minimum Gasteiger partial charge on any atom is -0.478 e. The van der Waals surface area contributed by atoms with Crippen molar-refractivity contribution < 1.29 is 14.3 Å². The highest BCUT2D eigenvalue weighted by Crippen LogP contribution is 2.22. The van der Waals surface area contributed by atoms with E-state index >= 15 is 0 Å². The van der Waals surface area contributed by atoms with Crippen molar-refractivity contribution in [2.24, 2.45) is 0 Å². The number of terminal acetylenes is 1. The van der Waals surface area contributed by atoms with Crippen LogP contribution in [0.25, 0.3) is 0 Å². The average Bonchev–Trinajstić information content (AvgIpc) is 2.30. The first-order chi connectivity index (χ1) is 8.10. The fraction of sp³-hybridized carbons (Fsp3) is 0.308. The van der Waals surface area contributed by atoms with Gasteiger partial charge in [-0.2, -0.15) is 0 Å². The van der Waals surface area contributed by atoms with Crippen molar-refractivity contribution in [2.45, 2.75) is 25.8 Å². The minimum atomic E-state index is -1.16. The highest BCUT2D eigenvalue weighted by molar-refractivity contribution is 5.94. The highest BCUT2D eigenvalue weighted by atomic mass is 19.1. The molecule has 0 aliphatic heterocycles. The lowest BCUT2D eigenvalue weighted by Crippen LogP contribution is -2.20. The maximum Gasteiger partial charge on any atom is 0.337 e. The van der Waals surface area contributed by atoms with Crippen molar-refractivity contribution in [2.75, 3.05) is 5.32 Å². The van der Waals surface area contributed by atoms with E-state index in [0.29, 0.717) is 12.8 Å². The number of rotatable bonds is 5. The first-order valence-corrected chi connectivity index (χ1v) is 5.32. The van der Waals surface area contributed by atoms with Crippen LogP contribution in [0.1, 0.15) is 30.1 Å². The van der Waals surface area contributed by atoms with Crippen molar-refractivity contribution in [3.8, 4) is 12.3 Å². The molecule has 3 nitrogen and oxygen atoms in total. The summed E-state index contributed by atoms with van der Waals surface area (Å²) < 4.78 is 13.6. The number of hydrogen-bond acceptors (Lipinski definition) is 2. The van der Waals surface area contributed by atoms with Crippen LogP contribution in [0.15, 0.2) is 18.2 Å². The third-order valence-electron chi connectivity index (χ3n) is 2.45. The lowest BCUT2D eigenvalue weighted by molar-refractivity contribution is 0.0697. The van der Waals surface area contributed by atoms with Gasteiger partial charge in [0.15, 0.2) is 0 Å². The van der Waals surface area contributed by atoms with Gasteiger partial charge in [0.2, 0.25) is 0 Å². The van der Waals surface area contributed by atoms with Crippen LogP contribution in [-0.4, -0.2) is 17.1 Å². The molecule has 0 fully saturated rings. The third kappa shape index (κ3) is 3.22. The van der Waals surface area contributed by atoms with Crippen LogP contribution < -0.4 is 5.32 Å². The molecule has 0 radical (unpaired) electrons. The Balaban J connectivity index is 3.04. The molecule has 90 valence electrons. The van der Waals surface area contributed by atoms with Crippen LogP contribution in [-0.2, 0) is 0 Å². The molecule has 4 heteroatoms. The zero-order chi connectivity index (χ0) is 12.8. The number of carbonyl (C=O) groups is 1. The van der Waals surface area contributed by atoms with Gasteiger partial charge in [-0.15, -0.1) is 12.3 Å². The zero-order valence-corrected chi connectivity index (χ0v) is 9.53. The molecule has 0 aliphatic carbocycles. The molecule has 1 unspecified atom stereocenters. The molecule has 0 bridgehead atoms. The molecule has 0 aliphatic rings. The van der Waals surface area contributed by atoms with Gasteiger partial charge in [0.05, 0.1) is 11.3 Å². The third-order valence-corrected chi connectivity index (χ3v) is 2.45.